The van der Waals surface area contributed by atoms with Crippen molar-refractivity contribution >= 4 is 22.0 Å². The lowest BCUT2D eigenvalue weighted by atomic mass is 10.1. The van der Waals surface area contributed by atoms with Crippen molar-refractivity contribution in [3.8, 4) is 0 Å². The van der Waals surface area contributed by atoms with Crippen molar-refractivity contribution in [1.29, 1.82) is 0 Å². The fourth-order valence-electron chi connectivity index (χ4n) is 2.52. The Balaban J connectivity index is 1.83. The van der Waals surface area contributed by atoms with Crippen LogP contribution in [-0.4, -0.2) is 63.7 Å². The van der Waals surface area contributed by atoms with E-state index in [0.29, 0.717) is 32.7 Å². The molecule has 1 aliphatic heterocycles. The van der Waals surface area contributed by atoms with Gasteiger partial charge in [-0.25, -0.2) is 13.2 Å². The molecule has 9 heteroatoms. The number of ether oxygens (including phenoxy) is 3. The van der Waals surface area contributed by atoms with Gasteiger partial charge >= 0.3 is 11.9 Å². The van der Waals surface area contributed by atoms with Gasteiger partial charge in [-0.15, -0.1) is 0 Å². The summed E-state index contributed by atoms with van der Waals surface area (Å²) in [4.78, 5) is 23.2. The normalized spacial score (nSPS) is 15.5. The van der Waals surface area contributed by atoms with Gasteiger partial charge in [0.15, 0.2) is 6.61 Å². The van der Waals surface area contributed by atoms with E-state index in [9.17, 15) is 18.0 Å². The van der Waals surface area contributed by atoms with Gasteiger partial charge in [-0.2, -0.15) is 4.31 Å². The lowest BCUT2D eigenvalue weighted by Crippen LogP contribution is -2.40. The molecule has 1 aliphatic rings. The number of sulfonamides is 1. The zero-order valence-electron chi connectivity index (χ0n) is 15.5. The second-order valence-corrected chi connectivity index (χ2v) is 8.30. The van der Waals surface area contributed by atoms with E-state index in [1.165, 1.54) is 16.4 Å². The molecule has 0 unspecified atom stereocenters. The summed E-state index contributed by atoms with van der Waals surface area (Å²) in [7, 11) is -3.53. The molecule has 0 saturated carbocycles. The van der Waals surface area contributed by atoms with E-state index in [4.69, 9.17) is 14.2 Å². The Labute approximate surface area is 159 Å². The third-order valence-electron chi connectivity index (χ3n) is 3.87. The third-order valence-corrected chi connectivity index (χ3v) is 5.78. The predicted octanol–water partition coefficient (Wildman–Crippen LogP) is 1.13. The highest BCUT2D eigenvalue weighted by Crippen LogP contribution is 2.18. The SMILES string of the molecule is CC(C)OC(=O)COC(=O)CCc1ccc(S(=O)(=O)N2CCOCC2)cc1. The van der Waals surface area contributed by atoms with E-state index in [0.717, 1.165) is 5.56 Å². The van der Waals surface area contributed by atoms with Crippen molar-refractivity contribution in [2.45, 2.75) is 37.7 Å². The molecule has 1 fully saturated rings. The van der Waals surface area contributed by atoms with Gasteiger partial charge in [0.2, 0.25) is 10.0 Å². The van der Waals surface area contributed by atoms with Gasteiger partial charge < -0.3 is 14.2 Å². The number of hydrogen-bond donors (Lipinski definition) is 0. The molecule has 27 heavy (non-hydrogen) atoms. The van der Waals surface area contributed by atoms with E-state index in [2.05, 4.69) is 0 Å². The minimum Gasteiger partial charge on any atom is -0.460 e. The number of carbonyl (C=O) groups excluding carboxylic acids is 2. The van der Waals surface area contributed by atoms with Crippen LogP contribution in [0.1, 0.15) is 25.8 Å². The fourth-order valence-corrected chi connectivity index (χ4v) is 3.93. The number of carbonyl (C=O) groups is 2. The first-order chi connectivity index (χ1) is 12.8. The molecule has 0 aliphatic carbocycles. The van der Waals surface area contributed by atoms with Crippen LogP contribution >= 0.6 is 0 Å². The fraction of sp³-hybridized carbons (Fsp3) is 0.556. The molecule has 0 N–H and O–H groups in total. The number of rotatable bonds is 8. The third kappa shape index (κ3) is 6.60. The molecule has 0 amide bonds. The first-order valence-electron chi connectivity index (χ1n) is 8.81. The highest BCUT2D eigenvalue weighted by atomic mass is 32.2. The molecule has 1 aromatic rings. The summed E-state index contributed by atoms with van der Waals surface area (Å²) in [5, 5.41) is 0. The number of hydrogen-bond acceptors (Lipinski definition) is 7. The predicted molar refractivity (Wildman–Crippen MR) is 96.5 cm³/mol. The largest absolute Gasteiger partial charge is 0.460 e. The second-order valence-electron chi connectivity index (χ2n) is 6.36. The maximum absolute atomic E-state index is 12.5. The van der Waals surface area contributed by atoms with Crippen LogP contribution in [0.25, 0.3) is 0 Å². The lowest BCUT2D eigenvalue weighted by Gasteiger charge is -2.26. The van der Waals surface area contributed by atoms with Crippen molar-refractivity contribution in [3.05, 3.63) is 29.8 Å². The van der Waals surface area contributed by atoms with E-state index in [-0.39, 0.29) is 17.4 Å². The average Bonchev–Trinajstić information content (AvgIpc) is 2.65. The topological polar surface area (TPSA) is 99.2 Å². The van der Waals surface area contributed by atoms with E-state index in [1.54, 1.807) is 26.0 Å². The van der Waals surface area contributed by atoms with Gasteiger partial charge in [0.05, 0.1) is 24.2 Å². The van der Waals surface area contributed by atoms with Crippen LogP contribution in [0, 0.1) is 0 Å². The number of aryl methyl sites for hydroxylation is 1. The van der Waals surface area contributed by atoms with Crippen LogP contribution in [0.3, 0.4) is 0 Å². The number of morpholine rings is 1. The van der Waals surface area contributed by atoms with Crippen molar-refractivity contribution in [2.75, 3.05) is 32.9 Å². The van der Waals surface area contributed by atoms with Crippen LogP contribution < -0.4 is 0 Å². The summed E-state index contributed by atoms with van der Waals surface area (Å²) < 4.78 is 41.4. The molecular weight excluding hydrogens is 374 g/mol. The lowest BCUT2D eigenvalue weighted by molar-refractivity contribution is -0.161. The summed E-state index contributed by atoms with van der Waals surface area (Å²) in [6, 6.07) is 6.41. The Bertz CT molecular complexity index is 737. The maximum atomic E-state index is 12.5. The summed E-state index contributed by atoms with van der Waals surface area (Å²) >= 11 is 0. The summed E-state index contributed by atoms with van der Waals surface area (Å²) in [5.74, 6) is -1.10. The van der Waals surface area contributed by atoms with Crippen molar-refractivity contribution < 1.29 is 32.2 Å². The van der Waals surface area contributed by atoms with Crippen LogP contribution in [-0.2, 0) is 40.2 Å². The van der Waals surface area contributed by atoms with Gasteiger partial charge in [0, 0.05) is 19.5 Å². The first-order valence-corrected chi connectivity index (χ1v) is 10.2. The van der Waals surface area contributed by atoms with E-state index >= 15 is 0 Å². The molecule has 8 nitrogen and oxygen atoms in total. The van der Waals surface area contributed by atoms with Crippen molar-refractivity contribution in [1.82, 2.24) is 4.31 Å². The Morgan fingerprint density at radius 1 is 1.11 bits per heavy atom. The van der Waals surface area contributed by atoms with Crippen molar-refractivity contribution in [2.24, 2.45) is 0 Å². The maximum Gasteiger partial charge on any atom is 0.344 e. The quantitative estimate of drug-likeness (QED) is 0.604. The van der Waals surface area contributed by atoms with Gasteiger partial charge in [0.1, 0.15) is 0 Å². The molecule has 0 radical (unpaired) electrons. The summed E-state index contributed by atoms with van der Waals surface area (Å²) in [6.07, 6.45) is 0.212. The monoisotopic (exact) mass is 399 g/mol. The molecule has 0 bridgehead atoms. The van der Waals surface area contributed by atoms with Crippen LogP contribution in [0.2, 0.25) is 0 Å². The van der Waals surface area contributed by atoms with Gasteiger partial charge in [-0.1, -0.05) is 12.1 Å². The number of esters is 2. The smallest absolute Gasteiger partial charge is 0.344 e. The molecule has 150 valence electrons. The number of benzene rings is 1. The van der Waals surface area contributed by atoms with Crippen LogP contribution in [0.4, 0.5) is 0 Å². The van der Waals surface area contributed by atoms with Gasteiger partial charge in [0.25, 0.3) is 0 Å². The first kappa shape index (κ1) is 21.3. The molecule has 2 rings (SSSR count). The molecule has 1 saturated heterocycles. The zero-order valence-corrected chi connectivity index (χ0v) is 16.4. The van der Waals surface area contributed by atoms with E-state index in [1.807, 2.05) is 0 Å². The summed E-state index contributed by atoms with van der Waals surface area (Å²) in [5.41, 5.74) is 0.803. The second kappa shape index (κ2) is 9.82. The average molecular weight is 399 g/mol. The minimum absolute atomic E-state index is 0.0878. The number of nitrogens with zero attached hydrogens (tertiary/aromatic N) is 1. The van der Waals surface area contributed by atoms with Crippen LogP contribution in [0.15, 0.2) is 29.2 Å². The Hall–Kier alpha value is -1.97. The van der Waals surface area contributed by atoms with Gasteiger partial charge in [-0.3, -0.25) is 4.79 Å². The Morgan fingerprint density at radius 3 is 2.33 bits per heavy atom. The zero-order chi connectivity index (χ0) is 19.9. The molecular formula is C18H25NO7S. The molecule has 0 aromatic heterocycles. The highest BCUT2D eigenvalue weighted by molar-refractivity contribution is 7.89. The van der Waals surface area contributed by atoms with Gasteiger partial charge in [-0.05, 0) is 38.0 Å². The van der Waals surface area contributed by atoms with E-state index < -0.39 is 28.6 Å². The standard InChI is InChI=1S/C18H25NO7S/c1-14(2)26-18(21)13-25-17(20)8-5-15-3-6-16(7-4-15)27(22,23)19-9-11-24-12-10-19/h3-4,6-7,14H,5,8-13H2,1-2H3. The Kier molecular flexibility index (Phi) is 7.76. The molecule has 0 atom stereocenters. The van der Waals surface area contributed by atoms with Crippen molar-refractivity contribution in [3.63, 3.8) is 0 Å². The Morgan fingerprint density at radius 2 is 1.74 bits per heavy atom. The minimum atomic E-state index is -3.53. The molecule has 1 aromatic carbocycles. The summed E-state index contributed by atoms with van der Waals surface area (Å²) in [6.45, 7) is 4.48. The van der Waals surface area contributed by atoms with Crippen LogP contribution in [0.5, 0.6) is 0 Å². The molecule has 0 spiro atoms. The molecule has 1 heterocycles. The highest BCUT2D eigenvalue weighted by Gasteiger charge is 2.26.